The molecule has 0 aromatic heterocycles. The number of hydrogen-bond donors (Lipinski definition) is 1. The molecule has 36 heavy (non-hydrogen) atoms. The topological polar surface area (TPSA) is 77.9 Å². The van der Waals surface area contributed by atoms with Crippen molar-refractivity contribution in [2.45, 2.75) is 104 Å². The van der Waals surface area contributed by atoms with E-state index >= 15 is 0 Å². The van der Waals surface area contributed by atoms with Crippen LogP contribution in [0.1, 0.15) is 97.0 Å². The van der Waals surface area contributed by atoms with Gasteiger partial charge in [-0.1, -0.05) is 56.2 Å². The molecule has 4 aliphatic rings. The van der Waals surface area contributed by atoms with Crippen LogP contribution >= 0.6 is 0 Å². The van der Waals surface area contributed by atoms with Crippen LogP contribution in [0.15, 0.2) is 35.4 Å². The Kier molecular flexibility index (Phi) is 7.41. The van der Waals surface area contributed by atoms with Crippen LogP contribution in [0.2, 0.25) is 0 Å². The van der Waals surface area contributed by atoms with Crippen LogP contribution in [0, 0.1) is 46.3 Å². The Morgan fingerprint density at radius 3 is 2.58 bits per heavy atom. The summed E-state index contributed by atoms with van der Waals surface area (Å²) in [5.74, 6) is 4.84. The first-order valence-electron chi connectivity index (χ1n) is 14.7. The third-order valence-electron chi connectivity index (χ3n) is 11.8. The number of azide groups is 1. The van der Waals surface area contributed by atoms with Gasteiger partial charge in [-0.05, 0) is 122 Å². The SMILES string of the molecule is C[C@H](CCC(=O)NCc1ccccc1)[C@H]1CC[C@H]2[C@@H]3CC[C@@H]4CC(N=[N+]=[N-])CC[C@]4(C)[C@H]3CC[C@]12C. The summed E-state index contributed by atoms with van der Waals surface area (Å²) < 4.78 is 0. The van der Waals surface area contributed by atoms with E-state index in [0.29, 0.717) is 29.7 Å². The Labute approximate surface area is 217 Å². The van der Waals surface area contributed by atoms with E-state index in [1.807, 2.05) is 18.2 Å². The molecule has 0 bridgehead atoms. The minimum Gasteiger partial charge on any atom is -0.352 e. The zero-order valence-corrected chi connectivity index (χ0v) is 22.7. The number of fused-ring (bicyclic) bond motifs is 5. The molecule has 5 rings (SSSR count). The quantitative estimate of drug-likeness (QED) is 0.234. The first-order chi connectivity index (χ1) is 17.3. The molecule has 1 aromatic carbocycles. The summed E-state index contributed by atoms with van der Waals surface area (Å²) in [4.78, 5) is 15.7. The Morgan fingerprint density at radius 2 is 1.81 bits per heavy atom. The van der Waals surface area contributed by atoms with Crippen LogP contribution in [-0.2, 0) is 11.3 Å². The zero-order valence-electron chi connectivity index (χ0n) is 22.7. The molecule has 196 valence electrons. The Hall–Kier alpha value is -2.00. The maximum Gasteiger partial charge on any atom is 0.220 e. The highest BCUT2D eigenvalue weighted by molar-refractivity contribution is 5.75. The number of amides is 1. The van der Waals surface area contributed by atoms with Crippen LogP contribution in [0.4, 0.5) is 0 Å². The molecule has 1 amide bonds. The van der Waals surface area contributed by atoms with Gasteiger partial charge in [-0.15, -0.1) is 0 Å². The summed E-state index contributed by atoms with van der Waals surface area (Å²) in [6.07, 6.45) is 13.2. The molecule has 4 fully saturated rings. The van der Waals surface area contributed by atoms with Crippen LogP contribution in [0.5, 0.6) is 0 Å². The van der Waals surface area contributed by atoms with Gasteiger partial charge < -0.3 is 5.32 Å². The summed E-state index contributed by atoms with van der Waals surface area (Å²) in [5, 5.41) is 7.24. The van der Waals surface area contributed by atoms with Crippen molar-refractivity contribution in [3.8, 4) is 0 Å². The van der Waals surface area contributed by atoms with Gasteiger partial charge >= 0.3 is 0 Å². The molecule has 1 unspecified atom stereocenters. The Morgan fingerprint density at radius 1 is 1.06 bits per heavy atom. The van der Waals surface area contributed by atoms with E-state index in [9.17, 15) is 4.79 Å². The van der Waals surface area contributed by atoms with E-state index in [2.05, 4.69) is 48.2 Å². The lowest BCUT2D eigenvalue weighted by atomic mass is 9.44. The second kappa shape index (κ2) is 10.4. The highest BCUT2D eigenvalue weighted by atomic mass is 16.1. The van der Waals surface area contributed by atoms with Crippen molar-refractivity contribution in [2.24, 2.45) is 51.5 Å². The van der Waals surface area contributed by atoms with E-state index in [4.69, 9.17) is 5.53 Å². The van der Waals surface area contributed by atoms with Gasteiger partial charge in [0.15, 0.2) is 0 Å². The van der Waals surface area contributed by atoms with Crippen molar-refractivity contribution in [1.82, 2.24) is 5.32 Å². The van der Waals surface area contributed by atoms with Gasteiger partial charge in [0.1, 0.15) is 0 Å². The Balaban J connectivity index is 1.18. The molecule has 5 nitrogen and oxygen atoms in total. The fraction of sp³-hybridized carbons (Fsp3) is 0.774. The molecule has 0 saturated heterocycles. The number of benzene rings is 1. The minimum absolute atomic E-state index is 0.191. The van der Waals surface area contributed by atoms with E-state index in [0.717, 1.165) is 54.4 Å². The number of nitrogens with one attached hydrogen (secondary N) is 1. The molecule has 4 aliphatic carbocycles. The van der Waals surface area contributed by atoms with Crippen molar-refractivity contribution in [3.05, 3.63) is 46.3 Å². The molecule has 1 N–H and O–H groups in total. The number of hydrogen-bond acceptors (Lipinski definition) is 2. The van der Waals surface area contributed by atoms with Crippen molar-refractivity contribution in [1.29, 1.82) is 0 Å². The second-order valence-corrected chi connectivity index (χ2v) is 13.3. The van der Waals surface area contributed by atoms with Crippen molar-refractivity contribution in [3.63, 3.8) is 0 Å². The van der Waals surface area contributed by atoms with Crippen molar-refractivity contribution in [2.75, 3.05) is 0 Å². The molecule has 5 heteroatoms. The molecule has 0 heterocycles. The first-order valence-corrected chi connectivity index (χ1v) is 14.7. The summed E-state index contributed by atoms with van der Waals surface area (Å²) in [7, 11) is 0. The smallest absolute Gasteiger partial charge is 0.220 e. The second-order valence-electron chi connectivity index (χ2n) is 13.3. The van der Waals surface area contributed by atoms with Gasteiger partial charge in [-0.3, -0.25) is 4.79 Å². The lowest BCUT2D eigenvalue weighted by molar-refractivity contribution is -0.122. The normalized spacial score (nSPS) is 40.2. The molecule has 9 atom stereocenters. The fourth-order valence-electron chi connectivity index (χ4n) is 9.83. The van der Waals surface area contributed by atoms with E-state index in [1.54, 1.807) is 0 Å². The van der Waals surface area contributed by atoms with Gasteiger partial charge in [0.05, 0.1) is 0 Å². The monoisotopic (exact) mass is 490 g/mol. The molecule has 0 radical (unpaired) electrons. The standard InChI is InChI=1S/C31H46N4O/c1-21(9-14-29(36)33-20-22-7-5-4-6-8-22)26-12-13-27-25-11-10-23-19-24(34-35-32)15-17-30(23,2)28(25)16-18-31(26,27)3/h4-8,21,23-28H,9-20H2,1-3H3,(H,33,36)/t21-,23-,24?,25+,26-,27+,28+,30+,31-/m1/s1. The summed E-state index contributed by atoms with van der Waals surface area (Å²) in [5.41, 5.74) is 11.0. The predicted molar refractivity (Wildman–Crippen MR) is 145 cm³/mol. The van der Waals surface area contributed by atoms with E-state index in [-0.39, 0.29) is 11.9 Å². The highest BCUT2D eigenvalue weighted by Gasteiger charge is 2.60. The molecular formula is C31H46N4O. The van der Waals surface area contributed by atoms with Gasteiger partial charge in [0.25, 0.3) is 0 Å². The maximum absolute atomic E-state index is 12.6. The van der Waals surface area contributed by atoms with Crippen LogP contribution in [0.3, 0.4) is 0 Å². The van der Waals surface area contributed by atoms with E-state index < -0.39 is 0 Å². The van der Waals surface area contributed by atoms with Crippen molar-refractivity contribution < 1.29 is 4.79 Å². The summed E-state index contributed by atoms with van der Waals surface area (Å²) in [6.45, 7) is 8.25. The number of carbonyl (C=O) groups is 1. The lowest BCUT2D eigenvalue weighted by Gasteiger charge is -2.61. The average molecular weight is 491 g/mol. The number of carbonyl (C=O) groups excluding carboxylic acids is 1. The zero-order chi connectivity index (χ0) is 25.3. The van der Waals surface area contributed by atoms with Crippen LogP contribution < -0.4 is 5.32 Å². The molecular weight excluding hydrogens is 444 g/mol. The average Bonchev–Trinajstić information content (AvgIpc) is 3.24. The van der Waals surface area contributed by atoms with Gasteiger partial charge in [0.2, 0.25) is 5.91 Å². The van der Waals surface area contributed by atoms with Crippen LogP contribution in [0.25, 0.3) is 10.4 Å². The third-order valence-corrected chi connectivity index (χ3v) is 11.8. The molecule has 0 spiro atoms. The number of rotatable bonds is 7. The first kappa shape index (κ1) is 25.6. The largest absolute Gasteiger partial charge is 0.352 e. The lowest BCUT2D eigenvalue weighted by Crippen LogP contribution is -2.54. The third kappa shape index (κ3) is 4.69. The highest BCUT2D eigenvalue weighted by Crippen LogP contribution is 2.68. The molecule has 4 saturated carbocycles. The van der Waals surface area contributed by atoms with Gasteiger partial charge in [0, 0.05) is 23.9 Å². The van der Waals surface area contributed by atoms with Crippen molar-refractivity contribution >= 4 is 5.91 Å². The molecule has 0 aliphatic heterocycles. The summed E-state index contributed by atoms with van der Waals surface area (Å²) >= 11 is 0. The predicted octanol–water partition coefficient (Wildman–Crippen LogP) is 8.06. The maximum atomic E-state index is 12.6. The molecule has 1 aromatic rings. The van der Waals surface area contributed by atoms with Gasteiger partial charge in [-0.25, -0.2) is 0 Å². The minimum atomic E-state index is 0.191. The fourth-order valence-corrected chi connectivity index (χ4v) is 9.83. The van der Waals surface area contributed by atoms with Crippen LogP contribution in [-0.4, -0.2) is 11.9 Å². The van der Waals surface area contributed by atoms with E-state index in [1.165, 1.54) is 44.9 Å². The number of nitrogens with zero attached hydrogens (tertiary/aromatic N) is 3. The summed E-state index contributed by atoms with van der Waals surface area (Å²) in [6, 6.07) is 10.4. The van der Waals surface area contributed by atoms with Gasteiger partial charge in [-0.2, -0.15) is 0 Å². The Bertz CT molecular complexity index is 974.